The summed E-state index contributed by atoms with van der Waals surface area (Å²) in [4.78, 5) is 0. The second-order valence-electron chi connectivity index (χ2n) is 5.23. The summed E-state index contributed by atoms with van der Waals surface area (Å²) in [5, 5.41) is 12.2. The van der Waals surface area contributed by atoms with Crippen LogP contribution in [0.3, 0.4) is 0 Å². The van der Waals surface area contributed by atoms with Crippen LogP contribution in [0.1, 0.15) is 16.7 Å². The topological polar surface area (TPSA) is 69.6 Å². The van der Waals surface area contributed by atoms with Crippen LogP contribution in [0, 0.1) is 20.8 Å². The molecule has 0 fully saturated rings. The Morgan fingerprint density at radius 3 is 2.33 bits per heavy atom. The van der Waals surface area contributed by atoms with E-state index >= 15 is 0 Å². The van der Waals surface area contributed by atoms with Crippen LogP contribution in [0.4, 0.5) is 5.69 Å². The average molecular weight is 279 g/mol. The molecular formula is C16H17N5. The Kier molecular flexibility index (Phi) is 3.17. The molecule has 0 atom stereocenters. The summed E-state index contributed by atoms with van der Waals surface area (Å²) in [5.41, 5.74) is 11.9. The van der Waals surface area contributed by atoms with E-state index in [-0.39, 0.29) is 0 Å². The number of nitrogens with two attached hydrogens (primary N) is 1. The largest absolute Gasteiger partial charge is 0.399 e. The van der Waals surface area contributed by atoms with Crippen LogP contribution < -0.4 is 5.73 Å². The quantitative estimate of drug-likeness (QED) is 0.732. The smallest absolute Gasteiger partial charge is 0.187 e. The van der Waals surface area contributed by atoms with E-state index in [2.05, 4.69) is 41.5 Å². The van der Waals surface area contributed by atoms with Crippen molar-refractivity contribution in [3.8, 4) is 17.1 Å². The van der Waals surface area contributed by atoms with Gasteiger partial charge in [-0.15, -0.1) is 5.10 Å². The lowest BCUT2D eigenvalue weighted by Gasteiger charge is -2.12. The number of anilines is 1. The third kappa shape index (κ3) is 2.27. The number of benzene rings is 2. The fourth-order valence-electron chi connectivity index (χ4n) is 2.58. The Morgan fingerprint density at radius 2 is 1.67 bits per heavy atom. The summed E-state index contributed by atoms with van der Waals surface area (Å²) >= 11 is 0. The second kappa shape index (κ2) is 5.01. The van der Waals surface area contributed by atoms with Gasteiger partial charge in [0.1, 0.15) is 0 Å². The first kappa shape index (κ1) is 13.3. The summed E-state index contributed by atoms with van der Waals surface area (Å²) < 4.78 is 1.79. The van der Waals surface area contributed by atoms with Crippen LogP contribution in [-0.2, 0) is 0 Å². The molecule has 2 aromatic carbocycles. The zero-order chi connectivity index (χ0) is 15.0. The SMILES string of the molecule is Cc1cc(N)ccc1-c1nnnn1-c1c(C)cccc1C. The van der Waals surface area contributed by atoms with E-state index < -0.39 is 0 Å². The summed E-state index contributed by atoms with van der Waals surface area (Å²) in [6, 6.07) is 11.9. The molecule has 0 aliphatic rings. The van der Waals surface area contributed by atoms with Gasteiger partial charge in [-0.1, -0.05) is 18.2 Å². The van der Waals surface area contributed by atoms with E-state index in [1.165, 1.54) is 0 Å². The standard InChI is InChI=1S/C16H17N5/c1-10-5-4-6-11(2)15(10)21-16(18-19-20-21)14-8-7-13(17)9-12(14)3/h4-9H,17H2,1-3H3. The fourth-order valence-corrected chi connectivity index (χ4v) is 2.58. The normalized spacial score (nSPS) is 10.8. The lowest BCUT2D eigenvalue weighted by molar-refractivity contribution is 0.783. The molecule has 3 rings (SSSR count). The predicted octanol–water partition coefficient (Wildman–Crippen LogP) is 2.84. The minimum absolute atomic E-state index is 0.727. The van der Waals surface area contributed by atoms with E-state index in [9.17, 15) is 0 Å². The number of para-hydroxylation sites is 1. The Bertz CT molecular complexity index is 784. The molecule has 0 saturated heterocycles. The Balaban J connectivity index is 2.22. The van der Waals surface area contributed by atoms with Crippen LogP contribution in [0.15, 0.2) is 36.4 Å². The summed E-state index contributed by atoms with van der Waals surface area (Å²) in [7, 11) is 0. The van der Waals surface area contributed by atoms with Crippen molar-refractivity contribution in [1.29, 1.82) is 0 Å². The number of tetrazole rings is 1. The number of hydrogen-bond acceptors (Lipinski definition) is 4. The molecule has 0 spiro atoms. The highest BCUT2D eigenvalue weighted by atomic mass is 15.5. The number of aromatic nitrogens is 4. The van der Waals surface area contributed by atoms with Gasteiger partial charge < -0.3 is 5.73 Å². The first-order valence-electron chi connectivity index (χ1n) is 6.79. The number of aryl methyl sites for hydroxylation is 3. The molecule has 0 unspecified atom stereocenters. The van der Waals surface area contributed by atoms with Gasteiger partial charge >= 0.3 is 0 Å². The molecule has 1 aromatic heterocycles. The third-order valence-electron chi connectivity index (χ3n) is 3.61. The van der Waals surface area contributed by atoms with Crippen molar-refractivity contribution < 1.29 is 0 Å². The number of nitrogens with zero attached hydrogens (tertiary/aromatic N) is 4. The van der Waals surface area contributed by atoms with Crippen LogP contribution in [0.25, 0.3) is 17.1 Å². The van der Waals surface area contributed by atoms with Crippen LogP contribution >= 0.6 is 0 Å². The highest BCUT2D eigenvalue weighted by Gasteiger charge is 2.15. The van der Waals surface area contributed by atoms with E-state index in [1.54, 1.807) is 4.68 Å². The summed E-state index contributed by atoms with van der Waals surface area (Å²) in [6.07, 6.45) is 0. The van der Waals surface area contributed by atoms with Crippen LogP contribution in [-0.4, -0.2) is 20.2 Å². The van der Waals surface area contributed by atoms with Crippen molar-refractivity contribution in [3.63, 3.8) is 0 Å². The predicted molar refractivity (Wildman–Crippen MR) is 83.2 cm³/mol. The summed E-state index contributed by atoms with van der Waals surface area (Å²) in [6.45, 7) is 6.13. The van der Waals surface area contributed by atoms with Crippen molar-refractivity contribution in [3.05, 3.63) is 53.1 Å². The molecular weight excluding hydrogens is 262 g/mol. The summed E-state index contributed by atoms with van der Waals surface area (Å²) in [5.74, 6) is 0.727. The number of rotatable bonds is 2. The van der Waals surface area contributed by atoms with E-state index in [1.807, 2.05) is 31.2 Å². The Hall–Kier alpha value is -2.69. The lowest BCUT2D eigenvalue weighted by Crippen LogP contribution is -2.05. The molecule has 2 N–H and O–H groups in total. The van der Waals surface area contributed by atoms with Gasteiger partial charge in [0.05, 0.1) is 5.69 Å². The molecule has 3 aromatic rings. The van der Waals surface area contributed by atoms with Crippen molar-refractivity contribution in [2.75, 3.05) is 5.73 Å². The monoisotopic (exact) mass is 279 g/mol. The Labute approximate surface area is 123 Å². The lowest BCUT2D eigenvalue weighted by atomic mass is 10.1. The molecule has 0 aliphatic carbocycles. The van der Waals surface area contributed by atoms with Crippen LogP contribution in [0.5, 0.6) is 0 Å². The van der Waals surface area contributed by atoms with Crippen molar-refractivity contribution in [1.82, 2.24) is 20.2 Å². The molecule has 0 aliphatic heterocycles. The zero-order valence-electron chi connectivity index (χ0n) is 12.3. The highest BCUT2D eigenvalue weighted by molar-refractivity contribution is 5.66. The van der Waals surface area contributed by atoms with Gasteiger partial charge in [-0.2, -0.15) is 4.68 Å². The van der Waals surface area contributed by atoms with E-state index in [0.717, 1.165) is 39.5 Å². The third-order valence-corrected chi connectivity index (χ3v) is 3.61. The van der Waals surface area contributed by atoms with Gasteiger partial charge in [0.2, 0.25) is 0 Å². The van der Waals surface area contributed by atoms with Gasteiger partial charge in [0, 0.05) is 11.3 Å². The molecule has 5 nitrogen and oxygen atoms in total. The fraction of sp³-hybridized carbons (Fsp3) is 0.188. The number of nitrogen functional groups attached to an aromatic ring is 1. The average Bonchev–Trinajstić information content (AvgIpc) is 2.87. The van der Waals surface area contributed by atoms with E-state index in [4.69, 9.17) is 5.73 Å². The second-order valence-corrected chi connectivity index (χ2v) is 5.23. The molecule has 0 bridgehead atoms. The molecule has 0 saturated carbocycles. The molecule has 5 heteroatoms. The highest BCUT2D eigenvalue weighted by Crippen LogP contribution is 2.27. The molecule has 0 amide bonds. The molecule has 106 valence electrons. The van der Waals surface area contributed by atoms with Gasteiger partial charge in [-0.05, 0) is 66.1 Å². The maximum atomic E-state index is 5.82. The van der Waals surface area contributed by atoms with Gasteiger partial charge in [-0.25, -0.2) is 0 Å². The minimum atomic E-state index is 0.727. The van der Waals surface area contributed by atoms with Gasteiger partial charge in [0.15, 0.2) is 5.82 Å². The van der Waals surface area contributed by atoms with Gasteiger partial charge in [0.25, 0.3) is 0 Å². The minimum Gasteiger partial charge on any atom is -0.399 e. The van der Waals surface area contributed by atoms with Crippen LogP contribution in [0.2, 0.25) is 0 Å². The number of hydrogen-bond donors (Lipinski definition) is 1. The maximum absolute atomic E-state index is 5.82. The zero-order valence-corrected chi connectivity index (χ0v) is 12.3. The first-order valence-corrected chi connectivity index (χ1v) is 6.79. The molecule has 21 heavy (non-hydrogen) atoms. The van der Waals surface area contributed by atoms with Crippen molar-refractivity contribution in [2.24, 2.45) is 0 Å². The van der Waals surface area contributed by atoms with Crippen molar-refractivity contribution >= 4 is 5.69 Å². The van der Waals surface area contributed by atoms with Crippen molar-refractivity contribution in [2.45, 2.75) is 20.8 Å². The maximum Gasteiger partial charge on any atom is 0.187 e. The first-order chi connectivity index (χ1) is 10.1. The molecule has 1 heterocycles. The molecule has 0 radical (unpaired) electrons. The Morgan fingerprint density at radius 1 is 0.952 bits per heavy atom. The van der Waals surface area contributed by atoms with Gasteiger partial charge in [-0.3, -0.25) is 0 Å². The van der Waals surface area contributed by atoms with E-state index in [0.29, 0.717) is 0 Å².